The predicted molar refractivity (Wildman–Crippen MR) is 97.0 cm³/mol. The molecule has 0 atom stereocenters. The van der Waals surface area contributed by atoms with Gasteiger partial charge in [-0.3, -0.25) is 9.59 Å². The molecule has 0 fully saturated rings. The van der Waals surface area contributed by atoms with Crippen molar-refractivity contribution in [2.45, 2.75) is 13.0 Å². The highest BCUT2D eigenvalue weighted by Gasteiger charge is 2.35. The molecule has 26 heavy (non-hydrogen) atoms. The summed E-state index contributed by atoms with van der Waals surface area (Å²) in [5.74, 6) is 0.414. The normalized spacial score (nSPS) is 15.1. The lowest BCUT2D eigenvalue weighted by atomic mass is 9.82. The molecule has 4 rings (SSSR count). The number of carbonyl (C=O) groups excluding carboxylic acids is 2. The molecule has 5 nitrogen and oxygen atoms in total. The maximum atomic E-state index is 13.1. The van der Waals surface area contributed by atoms with Crippen LogP contribution in [0.4, 0.5) is 0 Å². The van der Waals surface area contributed by atoms with Gasteiger partial charge in [-0.2, -0.15) is 0 Å². The van der Waals surface area contributed by atoms with Gasteiger partial charge in [0.25, 0.3) is 0 Å². The average molecular weight is 349 g/mol. The smallest absolute Gasteiger partial charge is 0.201 e. The third kappa shape index (κ3) is 2.47. The summed E-state index contributed by atoms with van der Waals surface area (Å²) in [5, 5.41) is 0. The summed E-state index contributed by atoms with van der Waals surface area (Å²) in [6.45, 7) is 1.62. The monoisotopic (exact) mass is 349 g/mol. The van der Waals surface area contributed by atoms with Crippen LogP contribution in [0.3, 0.4) is 0 Å². The fraction of sp³-hybridized carbons (Fsp3) is 0.238. The first kappa shape index (κ1) is 16.4. The van der Waals surface area contributed by atoms with E-state index < -0.39 is 0 Å². The summed E-state index contributed by atoms with van der Waals surface area (Å²) in [7, 11) is 3.01. The van der Waals surface area contributed by atoms with Crippen molar-refractivity contribution in [3.63, 3.8) is 0 Å². The van der Waals surface area contributed by atoms with Gasteiger partial charge in [-0.1, -0.05) is 18.2 Å². The number of nitrogens with zero attached hydrogens (tertiary/aromatic N) is 1. The van der Waals surface area contributed by atoms with Crippen molar-refractivity contribution >= 4 is 11.6 Å². The first-order chi connectivity index (χ1) is 12.6. The summed E-state index contributed by atoms with van der Waals surface area (Å²) in [6, 6.07) is 8.74. The van der Waals surface area contributed by atoms with Gasteiger partial charge in [-0.25, -0.2) is 0 Å². The van der Waals surface area contributed by atoms with Crippen LogP contribution in [0.5, 0.6) is 11.5 Å². The largest absolute Gasteiger partial charge is 0.496 e. The number of rotatable bonds is 4. The molecule has 1 heterocycles. The molecule has 2 aromatic carbocycles. The van der Waals surface area contributed by atoms with Gasteiger partial charge in [-0.05, 0) is 36.4 Å². The molecule has 0 spiro atoms. The molecular formula is C21H19NO4. The molecule has 2 aromatic rings. The second-order valence-electron chi connectivity index (χ2n) is 6.41. The summed E-state index contributed by atoms with van der Waals surface area (Å²) < 4.78 is 10.8. The van der Waals surface area contributed by atoms with Crippen molar-refractivity contribution in [1.29, 1.82) is 0 Å². The highest BCUT2D eigenvalue weighted by Crippen LogP contribution is 2.38. The minimum atomic E-state index is -0.239. The van der Waals surface area contributed by atoms with Gasteiger partial charge in [0.05, 0.1) is 25.3 Å². The van der Waals surface area contributed by atoms with Gasteiger partial charge in [0.15, 0.2) is 5.78 Å². The maximum absolute atomic E-state index is 13.1. The summed E-state index contributed by atoms with van der Waals surface area (Å²) in [6.07, 6.45) is 5.19. The van der Waals surface area contributed by atoms with E-state index in [1.165, 1.54) is 14.2 Å². The van der Waals surface area contributed by atoms with E-state index in [0.29, 0.717) is 40.3 Å². The Morgan fingerprint density at radius 2 is 1.73 bits per heavy atom. The quantitative estimate of drug-likeness (QED) is 0.724. The molecular weight excluding hydrogens is 330 g/mol. The first-order valence-electron chi connectivity index (χ1n) is 8.52. The summed E-state index contributed by atoms with van der Waals surface area (Å²) in [4.78, 5) is 28.4. The van der Waals surface area contributed by atoms with E-state index in [9.17, 15) is 9.59 Å². The van der Waals surface area contributed by atoms with Crippen LogP contribution in [-0.2, 0) is 6.54 Å². The topological polar surface area (TPSA) is 55.8 Å². The Kier molecular flexibility index (Phi) is 3.99. The van der Waals surface area contributed by atoms with Crippen LogP contribution in [-0.4, -0.2) is 37.2 Å². The molecule has 0 radical (unpaired) electrons. The number of carbonyl (C=O) groups is 2. The van der Waals surface area contributed by atoms with E-state index in [1.807, 2.05) is 12.1 Å². The third-order valence-corrected chi connectivity index (χ3v) is 4.86. The van der Waals surface area contributed by atoms with E-state index in [4.69, 9.17) is 9.47 Å². The van der Waals surface area contributed by atoms with Gasteiger partial charge < -0.3 is 14.4 Å². The molecule has 2 aliphatic rings. The molecule has 5 heteroatoms. The zero-order valence-corrected chi connectivity index (χ0v) is 14.7. The molecule has 1 aliphatic heterocycles. The Balaban J connectivity index is 1.85. The van der Waals surface area contributed by atoms with Gasteiger partial charge in [0.2, 0.25) is 5.78 Å². The zero-order chi connectivity index (χ0) is 18.3. The van der Waals surface area contributed by atoms with Gasteiger partial charge in [0.1, 0.15) is 11.5 Å². The molecule has 0 amide bonds. The number of ketones is 2. The standard InChI is InChI=1S/C21H19NO4/c1-25-16-7-5-6-14-18(16)21(24)19-15(20(14)23)10-13(11-17(19)26-2)12-22-8-3-4-9-22/h3,5-8,10-11H,4,9,12H2,1-2H3. The predicted octanol–water partition coefficient (Wildman–Crippen LogP) is 3.20. The third-order valence-electron chi connectivity index (χ3n) is 4.86. The van der Waals surface area contributed by atoms with E-state index in [-0.39, 0.29) is 11.6 Å². The van der Waals surface area contributed by atoms with Crippen molar-refractivity contribution < 1.29 is 19.1 Å². The van der Waals surface area contributed by atoms with Crippen LogP contribution in [0, 0.1) is 0 Å². The molecule has 1 aliphatic carbocycles. The van der Waals surface area contributed by atoms with E-state index in [0.717, 1.165) is 18.5 Å². The minimum Gasteiger partial charge on any atom is -0.496 e. The van der Waals surface area contributed by atoms with Crippen LogP contribution in [0.1, 0.15) is 43.8 Å². The summed E-state index contributed by atoms with van der Waals surface area (Å²) in [5.41, 5.74) is 2.34. The van der Waals surface area contributed by atoms with E-state index in [1.54, 1.807) is 18.2 Å². The van der Waals surface area contributed by atoms with Crippen molar-refractivity contribution in [2.24, 2.45) is 0 Å². The molecule has 0 N–H and O–H groups in total. The molecule has 132 valence electrons. The van der Waals surface area contributed by atoms with Gasteiger partial charge in [0, 0.05) is 24.2 Å². The van der Waals surface area contributed by atoms with Crippen molar-refractivity contribution in [1.82, 2.24) is 4.90 Å². The molecule has 0 unspecified atom stereocenters. The Bertz CT molecular complexity index is 945. The highest BCUT2D eigenvalue weighted by atomic mass is 16.5. The number of ether oxygens (including phenoxy) is 2. The fourth-order valence-corrected chi connectivity index (χ4v) is 3.64. The number of hydrogen-bond acceptors (Lipinski definition) is 5. The van der Waals surface area contributed by atoms with Crippen molar-refractivity contribution in [3.05, 3.63) is 70.4 Å². The van der Waals surface area contributed by atoms with Crippen LogP contribution in [0.25, 0.3) is 0 Å². The number of benzene rings is 2. The first-order valence-corrected chi connectivity index (χ1v) is 8.52. The average Bonchev–Trinajstić information content (AvgIpc) is 3.17. The molecule has 0 aromatic heterocycles. The molecule has 0 bridgehead atoms. The van der Waals surface area contributed by atoms with Crippen LogP contribution in [0.2, 0.25) is 0 Å². The highest BCUT2D eigenvalue weighted by molar-refractivity contribution is 6.30. The van der Waals surface area contributed by atoms with Gasteiger partial charge >= 0.3 is 0 Å². The lowest BCUT2D eigenvalue weighted by Crippen LogP contribution is -2.23. The number of fused-ring (bicyclic) bond motifs is 2. The number of methoxy groups -OCH3 is 2. The molecule has 0 saturated carbocycles. The zero-order valence-electron chi connectivity index (χ0n) is 14.7. The molecule has 0 saturated heterocycles. The lowest BCUT2D eigenvalue weighted by molar-refractivity contribution is 0.0973. The van der Waals surface area contributed by atoms with Crippen LogP contribution < -0.4 is 9.47 Å². The lowest BCUT2D eigenvalue weighted by Gasteiger charge is -2.23. The summed E-state index contributed by atoms with van der Waals surface area (Å²) >= 11 is 0. The Hall–Kier alpha value is -3.08. The van der Waals surface area contributed by atoms with E-state index >= 15 is 0 Å². The van der Waals surface area contributed by atoms with E-state index in [2.05, 4.69) is 17.2 Å². The number of hydrogen-bond donors (Lipinski definition) is 0. The fourth-order valence-electron chi connectivity index (χ4n) is 3.64. The second kappa shape index (κ2) is 6.33. The maximum Gasteiger partial charge on any atom is 0.201 e. The second-order valence-corrected chi connectivity index (χ2v) is 6.41. The minimum absolute atomic E-state index is 0.175. The Morgan fingerprint density at radius 1 is 0.962 bits per heavy atom. The van der Waals surface area contributed by atoms with Gasteiger partial charge in [-0.15, -0.1) is 0 Å². The Morgan fingerprint density at radius 3 is 2.42 bits per heavy atom. The van der Waals surface area contributed by atoms with Crippen molar-refractivity contribution in [2.75, 3.05) is 20.8 Å². The van der Waals surface area contributed by atoms with Crippen LogP contribution >= 0.6 is 0 Å². The Labute approximate surface area is 151 Å². The van der Waals surface area contributed by atoms with Crippen LogP contribution in [0.15, 0.2) is 42.6 Å². The SMILES string of the molecule is COc1cccc2c1C(=O)c1c(OC)cc(CN3C=CCC3)cc1C2=O. The van der Waals surface area contributed by atoms with Crippen molar-refractivity contribution in [3.8, 4) is 11.5 Å².